The Morgan fingerprint density at radius 1 is 1.42 bits per heavy atom. The lowest BCUT2D eigenvalue weighted by Gasteiger charge is -2.18. The molecule has 2 N–H and O–H groups in total. The number of likely N-dealkylation sites (tertiary alicyclic amines) is 1. The van der Waals surface area contributed by atoms with E-state index in [1.807, 2.05) is 18.4 Å². The molecule has 9 heteroatoms. The first kappa shape index (κ1) is 21.5. The molecule has 138 valence electrons. The van der Waals surface area contributed by atoms with E-state index in [0.717, 1.165) is 18.5 Å². The SMILES string of the molecule is CCNC(=NCc1ccsc1)NCC1CCN(CC(F)(F)F)C1.I. The standard InChI is InChI=1S/C15H23F3N4S.HI/c1-2-19-14(21-8-13-4-6-23-10-13)20-7-12-3-5-22(9-12)11-15(16,17)18;/h4,6,10,12H,2-3,5,7-9,11H2,1H3,(H2,19,20,21);1H. The Labute approximate surface area is 161 Å². The Balaban J connectivity index is 0.00000288. The van der Waals surface area contributed by atoms with Crippen molar-refractivity contribution in [3.8, 4) is 0 Å². The molecule has 1 aromatic rings. The molecule has 2 rings (SSSR count). The molecule has 0 aliphatic carbocycles. The van der Waals surface area contributed by atoms with Crippen LogP contribution in [0.1, 0.15) is 18.9 Å². The number of guanidine groups is 1. The lowest BCUT2D eigenvalue weighted by atomic mass is 10.1. The highest BCUT2D eigenvalue weighted by atomic mass is 127. The zero-order valence-electron chi connectivity index (χ0n) is 13.6. The number of halogens is 4. The average molecular weight is 476 g/mol. The van der Waals surface area contributed by atoms with Gasteiger partial charge in [-0.1, -0.05) is 0 Å². The summed E-state index contributed by atoms with van der Waals surface area (Å²) in [5.41, 5.74) is 1.16. The van der Waals surface area contributed by atoms with Gasteiger partial charge in [0.05, 0.1) is 13.1 Å². The number of nitrogens with one attached hydrogen (secondary N) is 2. The van der Waals surface area contributed by atoms with Gasteiger partial charge in [0.1, 0.15) is 0 Å². The van der Waals surface area contributed by atoms with Crippen molar-refractivity contribution in [3.63, 3.8) is 0 Å². The van der Waals surface area contributed by atoms with Crippen LogP contribution >= 0.6 is 35.3 Å². The molecule has 24 heavy (non-hydrogen) atoms. The average Bonchev–Trinajstić information content (AvgIpc) is 3.12. The van der Waals surface area contributed by atoms with E-state index in [0.29, 0.717) is 32.1 Å². The van der Waals surface area contributed by atoms with Crippen molar-refractivity contribution in [1.29, 1.82) is 0 Å². The molecular formula is C15H24F3IN4S. The maximum atomic E-state index is 12.4. The Kier molecular flexibility index (Phi) is 9.35. The van der Waals surface area contributed by atoms with Crippen LogP contribution < -0.4 is 10.6 Å². The fourth-order valence-corrected chi connectivity index (χ4v) is 3.27. The third-order valence-electron chi connectivity index (χ3n) is 3.68. The minimum absolute atomic E-state index is 0. The van der Waals surface area contributed by atoms with Crippen molar-refractivity contribution >= 4 is 41.3 Å². The van der Waals surface area contributed by atoms with Crippen LogP contribution in [0.4, 0.5) is 13.2 Å². The number of thiophene rings is 1. The van der Waals surface area contributed by atoms with Crippen molar-refractivity contribution in [3.05, 3.63) is 22.4 Å². The van der Waals surface area contributed by atoms with Gasteiger partial charge in [-0.3, -0.25) is 4.90 Å². The second kappa shape index (κ2) is 10.4. The number of aliphatic imine (C=N–C) groups is 1. The highest BCUT2D eigenvalue weighted by Gasteiger charge is 2.34. The van der Waals surface area contributed by atoms with E-state index in [4.69, 9.17) is 0 Å². The van der Waals surface area contributed by atoms with E-state index in [2.05, 4.69) is 21.0 Å². The van der Waals surface area contributed by atoms with Crippen LogP contribution in [0.25, 0.3) is 0 Å². The molecule has 1 saturated heterocycles. The van der Waals surface area contributed by atoms with Crippen molar-refractivity contribution in [2.24, 2.45) is 10.9 Å². The summed E-state index contributed by atoms with van der Waals surface area (Å²) in [6.07, 6.45) is -3.33. The molecule has 0 bridgehead atoms. The Morgan fingerprint density at radius 2 is 2.21 bits per heavy atom. The van der Waals surface area contributed by atoms with Crippen LogP contribution in [0.3, 0.4) is 0 Å². The molecule has 1 aliphatic heterocycles. The summed E-state index contributed by atoms with van der Waals surface area (Å²) >= 11 is 1.64. The smallest absolute Gasteiger partial charge is 0.357 e. The van der Waals surface area contributed by atoms with Crippen LogP contribution in [-0.4, -0.2) is 49.8 Å². The molecule has 1 unspecified atom stereocenters. The largest absolute Gasteiger partial charge is 0.401 e. The van der Waals surface area contributed by atoms with Gasteiger partial charge in [-0.15, -0.1) is 24.0 Å². The minimum atomic E-state index is -4.11. The summed E-state index contributed by atoms with van der Waals surface area (Å²) in [7, 11) is 0. The van der Waals surface area contributed by atoms with E-state index < -0.39 is 12.7 Å². The van der Waals surface area contributed by atoms with Crippen molar-refractivity contribution in [2.75, 3.05) is 32.7 Å². The first-order valence-corrected chi connectivity index (χ1v) is 8.73. The van der Waals surface area contributed by atoms with Gasteiger partial charge in [0.15, 0.2) is 5.96 Å². The Hall–Kier alpha value is -0.550. The Bertz CT molecular complexity index is 493. The summed E-state index contributed by atoms with van der Waals surface area (Å²) in [5, 5.41) is 10.5. The van der Waals surface area contributed by atoms with Gasteiger partial charge in [-0.25, -0.2) is 4.99 Å². The molecular weight excluding hydrogens is 452 g/mol. The lowest BCUT2D eigenvalue weighted by molar-refractivity contribution is -0.143. The van der Waals surface area contributed by atoms with Crippen molar-refractivity contribution in [2.45, 2.75) is 26.1 Å². The highest BCUT2D eigenvalue weighted by molar-refractivity contribution is 14.0. The van der Waals surface area contributed by atoms with Gasteiger partial charge in [-0.05, 0) is 48.2 Å². The number of hydrogen-bond donors (Lipinski definition) is 2. The molecule has 1 fully saturated rings. The van der Waals surface area contributed by atoms with Gasteiger partial charge >= 0.3 is 6.18 Å². The third-order valence-corrected chi connectivity index (χ3v) is 4.41. The molecule has 4 nitrogen and oxygen atoms in total. The quantitative estimate of drug-likeness (QED) is 0.376. The van der Waals surface area contributed by atoms with E-state index >= 15 is 0 Å². The fraction of sp³-hybridized carbons (Fsp3) is 0.667. The predicted octanol–water partition coefficient (Wildman–Crippen LogP) is 3.31. The van der Waals surface area contributed by atoms with Crippen molar-refractivity contribution < 1.29 is 13.2 Å². The number of rotatable bonds is 6. The molecule has 0 saturated carbocycles. The van der Waals surface area contributed by atoms with Gasteiger partial charge in [0, 0.05) is 19.6 Å². The number of hydrogen-bond acceptors (Lipinski definition) is 3. The molecule has 2 heterocycles. The zero-order chi connectivity index (χ0) is 16.7. The maximum absolute atomic E-state index is 12.4. The number of alkyl halides is 3. The maximum Gasteiger partial charge on any atom is 0.401 e. The monoisotopic (exact) mass is 476 g/mol. The van der Waals surface area contributed by atoms with Crippen LogP contribution in [0.15, 0.2) is 21.8 Å². The second-order valence-electron chi connectivity index (χ2n) is 5.71. The highest BCUT2D eigenvalue weighted by Crippen LogP contribution is 2.22. The molecule has 0 amide bonds. The molecule has 0 spiro atoms. The fourth-order valence-electron chi connectivity index (χ4n) is 2.61. The topological polar surface area (TPSA) is 39.7 Å². The second-order valence-corrected chi connectivity index (χ2v) is 6.49. The summed E-state index contributed by atoms with van der Waals surface area (Å²) < 4.78 is 37.2. The van der Waals surface area contributed by atoms with Crippen LogP contribution in [0.5, 0.6) is 0 Å². The van der Waals surface area contributed by atoms with Gasteiger partial charge < -0.3 is 10.6 Å². The molecule has 0 aromatic carbocycles. The van der Waals surface area contributed by atoms with Gasteiger partial charge in [0.2, 0.25) is 0 Å². The summed E-state index contributed by atoms with van der Waals surface area (Å²) in [6.45, 7) is 4.16. The molecule has 1 aliphatic rings. The minimum Gasteiger partial charge on any atom is -0.357 e. The van der Waals surface area contributed by atoms with Gasteiger partial charge in [-0.2, -0.15) is 24.5 Å². The number of nitrogens with zero attached hydrogens (tertiary/aromatic N) is 2. The van der Waals surface area contributed by atoms with E-state index in [-0.39, 0.29) is 29.9 Å². The van der Waals surface area contributed by atoms with Crippen molar-refractivity contribution in [1.82, 2.24) is 15.5 Å². The zero-order valence-corrected chi connectivity index (χ0v) is 16.8. The Morgan fingerprint density at radius 3 is 2.83 bits per heavy atom. The predicted molar refractivity (Wildman–Crippen MR) is 103 cm³/mol. The molecule has 1 atom stereocenters. The third kappa shape index (κ3) is 8.02. The lowest BCUT2D eigenvalue weighted by Crippen LogP contribution is -2.40. The van der Waals surface area contributed by atoms with Crippen LogP contribution in [0, 0.1) is 5.92 Å². The van der Waals surface area contributed by atoms with E-state index in [1.54, 1.807) is 11.3 Å². The normalized spacial score (nSPS) is 19.2. The summed E-state index contributed by atoms with van der Waals surface area (Å²) in [6, 6.07) is 2.03. The van der Waals surface area contributed by atoms with Gasteiger partial charge in [0.25, 0.3) is 0 Å². The first-order valence-electron chi connectivity index (χ1n) is 7.78. The first-order chi connectivity index (χ1) is 11.0. The van der Waals surface area contributed by atoms with Crippen LogP contribution in [0.2, 0.25) is 0 Å². The van der Waals surface area contributed by atoms with Crippen LogP contribution in [-0.2, 0) is 6.54 Å². The summed E-state index contributed by atoms with van der Waals surface area (Å²) in [5.74, 6) is 0.940. The summed E-state index contributed by atoms with van der Waals surface area (Å²) in [4.78, 5) is 5.98. The molecule has 1 aromatic heterocycles. The molecule has 0 radical (unpaired) electrons. The van der Waals surface area contributed by atoms with E-state index in [1.165, 1.54) is 4.90 Å². The van der Waals surface area contributed by atoms with E-state index in [9.17, 15) is 13.2 Å².